The molecule has 3 fully saturated rings. The number of nitrogens with one attached hydrogen (secondary N) is 1. The maximum Gasteiger partial charge on any atom is 0.0600 e. The third-order valence-electron chi connectivity index (χ3n) is 5.95. The Hall–Kier alpha value is -0.120. The quantitative estimate of drug-likeness (QED) is 0.862. The molecule has 21 heavy (non-hydrogen) atoms. The van der Waals surface area contributed by atoms with Crippen LogP contribution in [-0.4, -0.2) is 47.8 Å². The van der Waals surface area contributed by atoms with E-state index in [4.69, 9.17) is 4.74 Å². The summed E-state index contributed by atoms with van der Waals surface area (Å²) in [5.74, 6) is 0.901. The van der Waals surface area contributed by atoms with Crippen LogP contribution >= 0.6 is 0 Å². The van der Waals surface area contributed by atoms with E-state index in [2.05, 4.69) is 37.9 Å². The molecule has 2 saturated carbocycles. The van der Waals surface area contributed by atoms with Crippen molar-refractivity contribution in [2.45, 2.75) is 82.9 Å². The highest BCUT2D eigenvalue weighted by atomic mass is 16.5. The molecule has 0 amide bonds. The van der Waals surface area contributed by atoms with E-state index in [1.54, 1.807) is 0 Å². The summed E-state index contributed by atoms with van der Waals surface area (Å²) < 4.78 is 6.01. The Labute approximate surface area is 130 Å². The predicted molar refractivity (Wildman–Crippen MR) is 87.6 cm³/mol. The standard InChI is InChI=1S/C18H34N2O/c1-16(2,3)21-12-11-20-14-18(9-5-6-10-18)19-13-17(20,4)15-7-8-15/h15,19H,5-14H2,1-4H3. The maximum absolute atomic E-state index is 6.01. The van der Waals surface area contributed by atoms with Crippen LogP contribution in [0.3, 0.4) is 0 Å². The van der Waals surface area contributed by atoms with Gasteiger partial charge in [-0.3, -0.25) is 4.90 Å². The normalized spacial score (nSPS) is 33.7. The number of ether oxygens (including phenoxy) is 1. The van der Waals surface area contributed by atoms with E-state index in [9.17, 15) is 0 Å². The molecule has 0 aromatic heterocycles. The lowest BCUT2D eigenvalue weighted by Gasteiger charge is -2.53. The summed E-state index contributed by atoms with van der Waals surface area (Å²) in [4.78, 5) is 2.78. The van der Waals surface area contributed by atoms with Crippen LogP contribution in [0.2, 0.25) is 0 Å². The van der Waals surface area contributed by atoms with E-state index in [1.807, 2.05) is 0 Å². The zero-order chi connectivity index (χ0) is 15.1. The highest BCUT2D eigenvalue weighted by Gasteiger charge is 2.52. The molecule has 0 radical (unpaired) electrons. The lowest BCUT2D eigenvalue weighted by molar-refractivity contribution is -0.0514. The van der Waals surface area contributed by atoms with E-state index in [0.717, 1.165) is 19.1 Å². The third kappa shape index (κ3) is 3.46. The Morgan fingerprint density at radius 3 is 2.43 bits per heavy atom. The van der Waals surface area contributed by atoms with Crippen LogP contribution in [-0.2, 0) is 4.74 Å². The first-order valence-corrected chi connectivity index (χ1v) is 8.97. The Morgan fingerprint density at radius 2 is 1.86 bits per heavy atom. The number of nitrogens with zero attached hydrogens (tertiary/aromatic N) is 1. The molecule has 1 saturated heterocycles. The average molecular weight is 294 g/mol. The topological polar surface area (TPSA) is 24.5 Å². The van der Waals surface area contributed by atoms with E-state index in [1.165, 1.54) is 51.6 Å². The first kappa shape index (κ1) is 15.8. The Kier molecular flexibility index (Phi) is 4.13. The summed E-state index contributed by atoms with van der Waals surface area (Å²) in [6, 6.07) is 0. The maximum atomic E-state index is 6.01. The third-order valence-corrected chi connectivity index (χ3v) is 5.95. The first-order chi connectivity index (χ1) is 9.83. The van der Waals surface area contributed by atoms with Gasteiger partial charge < -0.3 is 10.1 Å². The summed E-state index contributed by atoms with van der Waals surface area (Å²) in [5.41, 5.74) is 0.750. The van der Waals surface area contributed by atoms with Crippen molar-refractivity contribution in [3.05, 3.63) is 0 Å². The molecule has 1 heterocycles. The highest BCUT2D eigenvalue weighted by molar-refractivity contribution is 5.10. The molecule has 122 valence electrons. The fraction of sp³-hybridized carbons (Fsp3) is 1.00. The molecule has 1 aliphatic heterocycles. The number of piperazine rings is 1. The minimum atomic E-state index is -0.0188. The molecule has 3 nitrogen and oxygen atoms in total. The fourth-order valence-electron chi connectivity index (χ4n) is 4.37. The van der Waals surface area contributed by atoms with Crippen molar-refractivity contribution < 1.29 is 4.74 Å². The highest BCUT2D eigenvalue weighted by Crippen LogP contribution is 2.46. The molecule has 1 spiro atoms. The van der Waals surface area contributed by atoms with Gasteiger partial charge in [-0.15, -0.1) is 0 Å². The predicted octanol–water partition coefficient (Wildman–Crippen LogP) is 3.19. The average Bonchev–Trinajstić information content (AvgIpc) is 3.16. The van der Waals surface area contributed by atoms with Crippen LogP contribution in [0.1, 0.15) is 66.2 Å². The van der Waals surface area contributed by atoms with E-state index in [-0.39, 0.29) is 5.60 Å². The molecular weight excluding hydrogens is 260 g/mol. The largest absolute Gasteiger partial charge is 0.375 e. The zero-order valence-electron chi connectivity index (χ0n) is 14.5. The van der Waals surface area contributed by atoms with Crippen molar-refractivity contribution >= 4 is 0 Å². The summed E-state index contributed by atoms with van der Waals surface area (Å²) in [7, 11) is 0. The minimum absolute atomic E-state index is 0.0188. The van der Waals surface area contributed by atoms with Gasteiger partial charge in [0.2, 0.25) is 0 Å². The second kappa shape index (κ2) is 5.50. The Morgan fingerprint density at radius 1 is 1.19 bits per heavy atom. The molecule has 3 aliphatic rings. The van der Waals surface area contributed by atoms with E-state index < -0.39 is 0 Å². The molecule has 0 bridgehead atoms. The van der Waals surface area contributed by atoms with Gasteiger partial charge in [-0.05, 0) is 59.3 Å². The molecule has 1 unspecified atom stereocenters. The van der Waals surface area contributed by atoms with Gasteiger partial charge in [0.1, 0.15) is 0 Å². The van der Waals surface area contributed by atoms with Crippen molar-refractivity contribution in [1.82, 2.24) is 10.2 Å². The van der Waals surface area contributed by atoms with Crippen molar-refractivity contribution in [1.29, 1.82) is 0 Å². The summed E-state index contributed by atoms with van der Waals surface area (Å²) in [5, 5.41) is 3.96. The number of rotatable bonds is 4. The molecule has 0 aromatic rings. The van der Waals surface area contributed by atoms with Crippen LogP contribution in [0, 0.1) is 5.92 Å². The summed E-state index contributed by atoms with van der Waals surface area (Å²) >= 11 is 0. The van der Waals surface area contributed by atoms with Gasteiger partial charge in [-0.1, -0.05) is 12.8 Å². The van der Waals surface area contributed by atoms with E-state index in [0.29, 0.717) is 11.1 Å². The molecule has 1 atom stereocenters. The summed E-state index contributed by atoms with van der Waals surface area (Å²) in [6.45, 7) is 13.3. The van der Waals surface area contributed by atoms with Gasteiger partial charge in [0.25, 0.3) is 0 Å². The van der Waals surface area contributed by atoms with Crippen LogP contribution < -0.4 is 5.32 Å². The number of hydrogen-bond donors (Lipinski definition) is 1. The molecule has 3 heteroatoms. The first-order valence-electron chi connectivity index (χ1n) is 8.97. The van der Waals surface area contributed by atoms with E-state index >= 15 is 0 Å². The molecule has 1 N–H and O–H groups in total. The lowest BCUT2D eigenvalue weighted by Crippen LogP contribution is -2.69. The van der Waals surface area contributed by atoms with Gasteiger partial charge in [0.05, 0.1) is 12.2 Å². The van der Waals surface area contributed by atoms with Gasteiger partial charge in [-0.25, -0.2) is 0 Å². The van der Waals surface area contributed by atoms with Crippen molar-refractivity contribution in [2.75, 3.05) is 26.2 Å². The van der Waals surface area contributed by atoms with Gasteiger partial charge >= 0.3 is 0 Å². The van der Waals surface area contributed by atoms with Crippen molar-refractivity contribution in [2.24, 2.45) is 5.92 Å². The SMILES string of the molecule is CC(C)(C)OCCN1CC2(CCCC2)NCC1(C)C1CC1. The number of hydrogen-bond acceptors (Lipinski definition) is 3. The van der Waals surface area contributed by atoms with Crippen LogP contribution in [0.15, 0.2) is 0 Å². The van der Waals surface area contributed by atoms with Crippen LogP contribution in [0.25, 0.3) is 0 Å². The second-order valence-electron chi connectivity index (χ2n) is 8.85. The monoisotopic (exact) mass is 294 g/mol. The van der Waals surface area contributed by atoms with Crippen LogP contribution in [0.5, 0.6) is 0 Å². The molecule has 2 aliphatic carbocycles. The zero-order valence-corrected chi connectivity index (χ0v) is 14.5. The Balaban J connectivity index is 1.65. The lowest BCUT2D eigenvalue weighted by atomic mass is 9.83. The van der Waals surface area contributed by atoms with Gasteiger partial charge in [0.15, 0.2) is 0 Å². The molecule has 0 aromatic carbocycles. The Bertz CT molecular complexity index is 366. The molecular formula is C18H34N2O. The van der Waals surface area contributed by atoms with Crippen molar-refractivity contribution in [3.63, 3.8) is 0 Å². The second-order valence-corrected chi connectivity index (χ2v) is 8.85. The van der Waals surface area contributed by atoms with Gasteiger partial charge in [0, 0.05) is 30.7 Å². The van der Waals surface area contributed by atoms with Crippen LogP contribution in [0.4, 0.5) is 0 Å². The molecule has 3 rings (SSSR count). The fourth-order valence-corrected chi connectivity index (χ4v) is 4.37. The summed E-state index contributed by atoms with van der Waals surface area (Å²) in [6.07, 6.45) is 8.37. The smallest absolute Gasteiger partial charge is 0.0600 e. The van der Waals surface area contributed by atoms with Gasteiger partial charge in [-0.2, -0.15) is 0 Å². The van der Waals surface area contributed by atoms with Crippen molar-refractivity contribution in [3.8, 4) is 0 Å². The minimum Gasteiger partial charge on any atom is -0.375 e.